The first-order valence-corrected chi connectivity index (χ1v) is 8.27. The molecule has 2 rings (SSSR count). The first kappa shape index (κ1) is 16.5. The molecule has 0 saturated heterocycles. The smallest absolute Gasteiger partial charge is 0.224 e. The molecule has 6 nitrogen and oxygen atoms in total. The Labute approximate surface area is 132 Å². The molecule has 0 aliphatic heterocycles. The number of amides is 1. The Kier molecular flexibility index (Phi) is 6.43. The van der Waals surface area contributed by atoms with Crippen LogP contribution in [0.2, 0.25) is 0 Å². The molecule has 1 fully saturated rings. The Hall–Kier alpha value is -1.85. The van der Waals surface area contributed by atoms with Gasteiger partial charge in [0.05, 0.1) is 0 Å². The molecule has 0 radical (unpaired) electrons. The Bertz CT molecular complexity index is 485. The van der Waals surface area contributed by atoms with Crippen LogP contribution in [-0.4, -0.2) is 35.5 Å². The van der Waals surface area contributed by atoms with Crippen molar-refractivity contribution in [3.05, 3.63) is 11.8 Å². The number of hydrogen-bond acceptors (Lipinski definition) is 5. The number of nitrogens with one attached hydrogen (secondary N) is 3. The van der Waals surface area contributed by atoms with Gasteiger partial charge in [-0.15, -0.1) is 0 Å². The highest BCUT2D eigenvalue weighted by atomic mass is 16.1. The summed E-state index contributed by atoms with van der Waals surface area (Å²) in [5.74, 6) is 2.17. The number of carbonyl (C=O) groups excluding carboxylic acids is 1. The van der Waals surface area contributed by atoms with Crippen LogP contribution in [0.25, 0.3) is 0 Å². The molecule has 1 aromatic heterocycles. The van der Waals surface area contributed by atoms with E-state index in [9.17, 15) is 4.79 Å². The first-order chi connectivity index (χ1) is 10.7. The van der Waals surface area contributed by atoms with Gasteiger partial charge >= 0.3 is 0 Å². The number of nitrogens with zero attached hydrogens (tertiary/aromatic N) is 2. The van der Waals surface area contributed by atoms with Crippen molar-refractivity contribution in [1.82, 2.24) is 15.3 Å². The first-order valence-electron chi connectivity index (χ1n) is 8.27. The molecule has 1 heterocycles. The Morgan fingerprint density at radius 3 is 2.73 bits per heavy atom. The highest BCUT2D eigenvalue weighted by Crippen LogP contribution is 2.27. The second kappa shape index (κ2) is 8.56. The van der Waals surface area contributed by atoms with Crippen molar-refractivity contribution < 1.29 is 4.79 Å². The minimum Gasteiger partial charge on any atom is -0.370 e. The van der Waals surface area contributed by atoms with E-state index in [1.165, 1.54) is 25.7 Å². The predicted octanol–water partition coefficient (Wildman–Crippen LogP) is 2.33. The minimum atomic E-state index is 0.159. The van der Waals surface area contributed by atoms with E-state index in [0.717, 1.165) is 18.1 Å². The average Bonchev–Trinajstić information content (AvgIpc) is 2.96. The van der Waals surface area contributed by atoms with E-state index in [4.69, 9.17) is 0 Å². The molecular weight excluding hydrogens is 278 g/mol. The molecule has 1 aliphatic carbocycles. The molecular formula is C16H27N5O. The van der Waals surface area contributed by atoms with E-state index in [0.29, 0.717) is 31.4 Å². The van der Waals surface area contributed by atoms with Gasteiger partial charge in [0.1, 0.15) is 5.82 Å². The van der Waals surface area contributed by atoms with Crippen LogP contribution < -0.4 is 16.0 Å². The van der Waals surface area contributed by atoms with Crippen LogP contribution in [-0.2, 0) is 4.79 Å². The summed E-state index contributed by atoms with van der Waals surface area (Å²) < 4.78 is 0. The third-order valence-corrected chi connectivity index (χ3v) is 3.89. The van der Waals surface area contributed by atoms with E-state index in [1.807, 2.05) is 19.9 Å². The maximum atomic E-state index is 11.8. The number of aryl methyl sites for hydroxylation is 1. The van der Waals surface area contributed by atoms with Crippen molar-refractivity contribution >= 4 is 17.7 Å². The summed E-state index contributed by atoms with van der Waals surface area (Å²) >= 11 is 0. The fourth-order valence-corrected chi connectivity index (χ4v) is 2.84. The van der Waals surface area contributed by atoms with Gasteiger partial charge in [0.15, 0.2) is 0 Å². The molecule has 0 bridgehead atoms. The van der Waals surface area contributed by atoms with E-state index in [2.05, 4.69) is 25.9 Å². The quantitative estimate of drug-likeness (QED) is 0.642. The second-order valence-corrected chi connectivity index (χ2v) is 5.88. The topological polar surface area (TPSA) is 78.9 Å². The van der Waals surface area contributed by atoms with E-state index in [1.54, 1.807) is 0 Å². The van der Waals surface area contributed by atoms with Gasteiger partial charge in [-0.05, 0) is 32.6 Å². The maximum absolute atomic E-state index is 11.8. The van der Waals surface area contributed by atoms with Crippen molar-refractivity contribution in [3.63, 3.8) is 0 Å². The van der Waals surface area contributed by atoms with E-state index >= 15 is 0 Å². The van der Waals surface area contributed by atoms with Crippen LogP contribution in [0.1, 0.15) is 44.7 Å². The third-order valence-electron chi connectivity index (χ3n) is 3.89. The normalized spacial score (nSPS) is 14.8. The summed E-state index contributed by atoms with van der Waals surface area (Å²) in [5.41, 5.74) is 0.915. The average molecular weight is 305 g/mol. The van der Waals surface area contributed by atoms with Crippen LogP contribution >= 0.6 is 0 Å². The molecule has 22 heavy (non-hydrogen) atoms. The largest absolute Gasteiger partial charge is 0.370 e. The van der Waals surface area contributed by atoms with Gasteiger partial charge < -0.3 is 16.0 Å². The summed E-state index contributed by atoms with van der Waals surface area (Å²) in [6.07, 6.45) is 5.63. The van der Waals surface area contributed by atoms with Gasteiger partial charge in [0.2, 0.25) is 11.9 Å². The van der Waals surface area contributed by atoms with Gasteiger partial charge in [0, 0.05) is 37.8 Å². The number of rotatable bonds is 8. The molecule has 122 valence electrons. The standard InChI is InChI=1S/C16H27N5O/c1-3-17-14-10-12(2)20-16(21-14)19-9-8-18-15(22)11-13-6-4-5-7-13/h10,13H,3-9,11H2,1-2H3,(H,18,22)(H2,17,19,20,21). The van der Waals surface area contributed by atoms with Crippen LogP contribution in [0.3, 0.4) is 0 Å². The van der Waals surface area contributed by atoms with Crippen molar-refractivity contribution in [2.24, 2.45) is 5.92 Å². The predicted molar refractivity (Wildman–Crippen MR) is 89.0 cm³/mol. The fraction of sp³-hybridized carbons (Fsp3) is 0.688. The highest BCUT2D eigenvalue weighted by Gasteiger charge is 2.17. The maximum Gasteiger partial charge on any atom is 0.224 e. The molecule has 0 aromatic carbocycles. The van der Waals surface area contributed by atoms with Crippen LogP contribution in [0.15, 0.2) is 6.07 Å². The molecule has 1 saturated carbocycles. The van der Waals surface area contributed by atoms with Crippen molar-refractivity contribution in [2.75, 3.05) is 30.3 Å². The zero-order valence-corrected chi connectivity index (χ0v) is 13.6. The monoisotopic (exact) mass is 305 g/mol. The zero-order chi connectivity index (χ0) is 15.8. The summed E-state index contributed by atoms with van der Waals surface area (Å²) in [7, 11) is 0. The number of hydrogen-bond donors (Lipinski definition) is 3. The highest BCUT2D eigenvalue weighted by molar-refractivity contribution is 5.76. The number of aromatic nitrogens is 2. The Morgan fingerprint density at radius 1 is 1.23 bits per heavy atom. The lowest BCUT2D eigenvalue weighted by molar-refractivity contribution is -0.121. The van der Waals surface area contributed by atoms with Crippen LogP contribution in [0, 0.1) is 12.8 Å². The minimum absolute atomic E-state index is 0.159. The summed E-state index contributed by atoms with van der Waals surface area (Å²) in [5, 5.41) is 9.29. The van der Waals surface area contributed by atoms with Crippen LogP contribution in [0.4, 0.5) is 11.8 Å². The fourth-order valence-electron chi connectivity index (χ4n) is 2.84. The molecule has 1 amide bonds. The summed E-state index contributed by atoms with van der Waals surface area (Å²) in [6, 6.07) is 1.91. The lowest BCUT2D eigenvalue weighted by Gasteiger charge is -2.11. The zero-order valence-electron chi connectivity index (χ0n) is 13.6. The van der Waals surface area contributed by atoms with Gasteiger partial charge in [-0.1, -0.05) is 12.8 Å². The van der Waals surface area contributed by atoms with Gasteiger partial charge in [-0.3, -0.25) is 4.79 Å². The summed E-state index contributed by atoms with van der Waals surface area (Å²) in [6.45, 7) is 6.03. The number of anilines is 2. The van der Waals surface area contributed by atoms with E-state index in [-0.39, 0.29) is 5.91 Å². The molecule has 0 spiro atoms. The molecule has 0 unspecified atom stereocenters. The van der Waals surface area contributed by atoms with Crippen molar-refractivity contribution in [3.8, 4) is 0 Å². The lowest BCUT2D eigenvalue weighted by Crippen LogP contribution is -2.30. The lowest BCUT2D eigenvalue weighted by atomic mass is 10.0. The van der Waals surface area contributed by atoms with Gasteiger partial charge in [-0.2, -0.15) is 4.98 Å². The van der Waals surface area contributed by atoms with Crippen LogP contribution in [0.5, 0.6) is 0 Å². The molecule has 1 aromatic rings. The van der Waals surface area contributed by atoms with Crippen molar-refractivity contribution in [2.45, 2.75) is 46.0 Å². The summed E-state index contributed by atoms with van der Waals surface area (Å²) in [4.78, 5) is 20.5. The SMILES string of the molecule is CCNc1cc(C)nc(NCCNC(=O)CC2CCCC2)n1. The second-order valence-electron chi connectivity index (χ2n) is 5.88. The van der Waals surface area contributed by atoms with Gasteiger partial charge in [-0.25, -0.2) is 4.98 Å². The molecule has 3 N–H and O–H groups in total. The van der Waals surface area contributed by atoms with Gasteiger partial charge in [0.25, 0.3) is 0 Å². The Morgan fingerprint density at radius 2 is 2.00 bits per heavy atom. The number of carbonyl (C=O) groups is 1. The van der Waals surface area contributed by atoms with Crippen molar-refractivity contribution in [1.29, 1.82) is 0 Å². The molecule has 1 aliphatic rings. The third kappa shape index (κ3) is 5.50. The Balaban J connectivity index is 1.68. The van der Waals surface area contributed by atoms with E-state index < -0.39 is 0 Å². The molecule has 6 heteroatoms. The molecule has 0 atom stereocenters.